The van der Waals surface area contributed by atoms with Crippen LogP contribution in [0.2, 0.25) is 0 Å². The van der Waals surface area contributed by atoms with E-state index in [9.17, 15) is 9.90 Å². The van der Waals surface area contributed by atoms with Gasteiger partial charge in [-0.15, -0.1) is 0 Å². The summed E-state index contributed by atoms with van der Waals surface area (Å²) in [6.45, 7) is 4.75. The van der Waals surface area contributed by atoms with Crippen LogP contribution in [0.1, 0.15) is 54.4 Å². The summed E-state index contributed by atoms with van der Waals surface area (Å²) in [7, 11) is 0. The van der Waals surface area contributed by atoms with Gasteiger partial charge >= 0.3 is 0 Å². The summed E-state index contributed by atoms with van der Waals surface area (Å²) in [6, 6.07) is 24.9. The van der Waals surface area contributed by atoms with Crippen LogP contribution >= 0.6 is 0 Å². The third-order valence-corrected chi connectivity index (χ3v) is 9.26. The van der Waals surface area contributed by atoms with Crippen molar-refractivity contribution in [3.63, 3.8) is 0 Å². The Kier molecular flexibility index (Phi) is 7.05. The molecule has 1 amide bonds. The Morgan fingerprint density at radius 2 is 1.62 bits per heavy atom. The van der Waals surface area contributed by atoms with Crippen molar-refractivity contribution >= 4 is 16.7 Å². The smallest absolute Gasteiger partial charge is 0.254 e. The van der Waals surface area contributed by atoms with E-state index in [1.807, 2.05) is 24.3 Å². The number of aryl methyl sites for hydroxylation is 1. The molecule has 0 radical (unpaired) electrons. The number of hydrogen-bond acceptors (Lipinski definition) is 3. The molecule has 6 rings (SSSR count). The highest BCUT2D eigenvalue weighted by molar-refractivity contribution is 6.07. The molecule has 2 aliphatic heterocycles. The standard InChI is InChI=1S/C33H40N2O2/c36-32(30-14-6-12-26-11-4-5-13-29(26)30)35-23-28(31(24-35)27-15-16-27)22-34-20-18-33(37,19-21-34)17-7-10-25-8-2-1-3-9-25/h1-6,8-9,11-14,27-28,31,37H,7,10,15-24H2. The molecule has 2 atom stereocenters. The minimum Gasteiger partial charge on any atom is -0.390 e. The van der Waals surface area contributed by atoms with Gasteiger partial charge in [-0.2, -0.15) is 0 Å². The highest BCUT2D eigenvalue weighted by atomic mass is 16.3. The average Bonchev–Trinajstić information content (AvgIpc) is 3.69. The first kappa shape index (κ1) is 24.6. The molecule has 4 heteroatoms. The molecule has 2 unspecified atom stereocenters. The number of fused-ring (bicyclic) bond motifs is 1. The molecule has 1 N–H and O–H groups in total. The molecular weight excluding hydrogens is 456 g/mol. The Labute approximate surface area is 221 Å². The number of amides is 1. The van der Waals surface area contributed by atoms with Crippen LogP contribution in [-0.4, -0.2) is 59.1 Å². The zero-order valence-corrected chi connectivity index (χ0v) is 21.9. The summed E-state index contributed by atoms with van der Waals surface area (Å²) >= 11 is 0. The summed E-state index contributed by atoms with van der Waals surface area (Å²) in [4.78, 5) is 18.4. The Bertz CT molecular complexity index is 1210. The average molecular weight is 497 g/mol. The van der Waals surface area contributed by atoms with Crippen LogP contribution in [0.4, 0.5) is 0 Å². The molecule has 3 aromatic rings. The lowest BCUT2D eigenvalue weighted by Gasteiger charge is -2.39. The predicted octanol–water partition coefficient (Wildman–Crippen LogP) is 5.79. The maximum Gasteiger partial charge on any atom is 0.254 e. The van der Waals surface area contributed by atoms with Gasteiger partial charge in [-0.3, -0.25) is 4.79 Å². The Hall–Kier alpha value is -2.69. The van der Waals surface area contributed by atoms with Gasteiger partial charge in [0.2, 0.25) is 0 Å². The minimum atomic E-state index is -0.521. The van der Waals surface area contributed by atoms with Crippen LogP contribution in [0.15, 0.2) is 72.8 Å². The normalized spacial score (nSPS) is 24.0. The maximum atomic E-state index is 13.7. The second-order valence-electron chi connectivity index (χ2n) is 11.9. The van der Waals surface area contributed by atoms with Gasteiger partial charge in [-0.25, -0.2) is 0 Å². The second kappa shape index (κ2) is 10.6. The molecule has 3 aromatic carbocycles. The number of piperidine rings is 1. The minimum absolute atomic E-state index is 0.191. The Balaban J connectivity index is 1.05. The van der Waals surface area contributed by atoms with Crippen LogP contribution < -0.4 is 0 Å². The van der Waals surface area contributed by atoms with E-state index >= 15 is 0 Å². The number of carbonyl (C=O) groups is 1. The van der Waals surface area contributed by atoms with Gasteiger partial charge in [-0.1, -0.05) is 66.7 Å². The largest absolute Gasteiger partial charge is 0.390 e. The molecule has 0 spiro atoms. The van der Waals surface area contributed by atoms with Crippen LogP contribution in [0, 0.1) is 17.8 Å². The molecule has 4 nitrogen and oxygen atoms in total. The number of benzene rings is 3. The molecule has 1 saturated carbocycles. The van der Waals surface area contributed by atoms with Crippen molar-refractivity contribution in [2.75, 3.05) is 32.7 Å². The van der Waals surface area contributed by atoms with E-state index in [0.717, 1.165) is 87.1 Å². The van der Waals surface area contributed by atoms with Crippen molar-refractivity contribution in [1.82, 2.24) is 9.80 Å². The van der Waals surface area contributed by atoms with Crippen LogP contribution in [0.25, 0.3) is 10.8 Å². The second-order valence-corrected chi connectivity index (χ2v) is 11.9. The number of rotatable bonds is 8. The molecule has 194 valence electrons. The first-order valence-electron chi connectivity index (χ1n) is 14.3. The van der Waals surface area contributed by atoms with Gasteiger partial charge in [-0.05, 0) is 85.1 Å². The fraction of sp³-hybridized carbons (Fsp3) is 0.485. The molecule has 1 aliphatic carbocycles. The Morgan fingerprint density at radius 3 is 2.41 bits per heavy atom. The quantitative estimate of drug-likeness (QED) is 0.429. The number of aliphatic hydroxyl groups is 1. The topological polar surface area (TPSA) is 43.8 Å². The van der Waals surface area contributed by atoms with Gasteiger partial charge in [0.1, 0.15) is 0 Å². The van der Waals surface area contributed by atoms with Crippen LogP contribution in [0.3, 0.4) is 0 Å². The summed E-state index contributed by atoms with van der Waals surface area (Å²) in [5.41, 5.74) is 1.68. The molecular formula is C33H40N2O2. The molecule has 2 saturated heterocycles. The third kappa shape index (κ3) is 5.61. The van der Waals surface area contributed by atoms with E-state index in [0.29, 0.717) is 11.8 Å². The van der Waals surface area contributed by atoms with E-state index in [1.54, 1.807) is 0 Å². The van der Waals surface area contributed by atoms with Gasteiger partial charge in [0.05, 0.1) is 5.60 Å². The summed E-state index contributed by atoms with van der Waals surface area (Å²) in [5, 5.41) is 13.4. The van der Waals surface area contributed by atoms with Crippen molar-refractivity contribution < 1.29 is 9.90 Å². The highest BCUT2D eigenvalue weighted by Crippen LogP contribution is 2.45. The van der Waals surface area contributed by atoms with Gasteiger partial charge in [0.15, 0.2) is 0 Å². The zero-order chi connectivity index (χ0) is 25.2. The summed E-state index contributed by atoms with van der Waals surface area (Å²) in [6.07, 6.45) is 7.33. The molecule has 37 heavy (non-hydrogen) atoms. The Morgan fingerprint density at radius 1 is 0.892 bits per heavy atom. The SMILES string of the molecule is O=C(c1cccc2ccccc12)N1CC(CN2CCC(O)(CCCc3ccccc3)CC2)C(C2CC2)C1. The first-order valence-corrected chi connectivity index (χ1v) is 14.3. The number of likely N-dealkylation sites (tertiary alicyclic amines) is 2. The fourth-order valence-electron chi connectivity index (χ4n) is 6.90. The highest BCUT2D eigenvalue weighted by Gasteiger charge is 2.45. The van der Waals surface area contributed by atoms with Gasteiger partial charge in [0.25, 0.3) is 5.91 Å². The van der Waals surface area contributed by atoms with E-state index in [2.05, 4.69) is 58.3 Å². The van der Waals surface area contributed by atoms with E-state index in [4.69, 9.17) is 0 Å². The molecule has 0 aromatic heterocycles. The van der Waals surface area contributed by atoms with Gasteiger partial charge < -0.3 is 14.9 Å². The van der Waals surface area contributed by atoms with Crippen molar-refractivity contribution in [3.05, 3.63) is 83.9 Å². The summed E-state index contributed by atoms with van der Waals surface area (Å²) < 4.78 is 0. The van der Waals surface area contributed by atoms with Crippen LogP contribution in [0.5, 0.6) is 0 Å². The molecule has 0 bridgehead atoms. The lowest BCUT2D eigenvalue weighted by atomic mass is 9.85. The van der Waals surface area contributed by atoms with Gasteiger partial charge in [0, 0.05) is 38.3 Å². The van der Waals surface area contributed by atoms with Crippen molar-refractivity contribution in [2.45, 2.75) is 50.5 Å². The summed E-state index contributed by atoms with van der Waals surface area (Å²) in [5.74, 6) is 2.13. The number of hydrogen-bond donors (Lipinski definition) is 1. The van der Waals surface area contributed by atoms with Crippen molar-refractivity contribution in [1.29, 1.82) is 0 Å². The molecule has 2 heterocycles. The van der Waals surface area contributed by atoms with E-state index in [-0.39, 0.29) is 5.91 Å². The van der Waals surface area contributed by atoms with E-state index in [1.165, 1.54) is 18.4 Å². The van der Waals surface area contributed by atoms with Crippen molar-refractivity contribution in [3.8, 4) is 0 Å². The maximum absolute atomic E-state index is 13.7. The predicted molar refractivity (Wildman–Crippen MR) is 150 cm³/mol. The lowest BCUT2D eigenvalue weighted by molar-refractivity contribution is -0.0323. The van der Waals surface area contributed by atoms with Crippen molar-refractivity contribution in [2.24, 2.45) is 17.8 Å². The van der Waals surface area contributed by atoms with E-state index < -0.39 is 5.60 Å². The molecule has 3 fully saturated rings. The third-order valence-electron chi connectivity index (χ3n) is 9.26. The molecule has 3 aliphatic rings. The number of nitrogens with zero attached hydrogens (tertiary/aromatic N) is 2. The first-order chi connectivity index (χ1) is 18.1. The van der Waals surface area contributed by atoms with Crippen LogP contribution in [-0.2, 0) is 6.42 Å². The monoisotopic (exact) mass is 496 g/mol. The fourth-order valence-corrected chi connectivity index (χ4v) is 6.90. The lowest BCUT2D eigenvalue weighted by Crippen LogP contribution is -2.46. The zero-order valence-electron chi connectivity index (χ0n) is 21.9. The number of carbonyl (C=O) groups excluding carboxylic acids is 1.